The van der Waals surface area contributed by atoms with Crippen molar-refractivity contribution in [3.05, 3.63) is 40.9 Å². The fourth-order valence-electron chi connectivity index (χ4n) is 2.41. The van der Waals surface area contributed by atoms with Crippen molar-refractivity contribution in [2.24, 2.45) is 0 Å². The fraction of sp³-hybridized carbons (Fsp3) is 0.312. The number of aromatic nitrogens is 2. The minimum atomic E-state index is -1.16. The average molecular weight is 360 g/mol. The number of amides is 3. The van der Waals surface area contributed by atoms with Crippen molar-refractivity contribution in [3.63, 3.8) is 0 Å². The molecule has 26 heavy (non-hydrogen) atoms. The van der Waals surface area contributed by atoms with Crippen LogP contribution in [0.3, 0.4) is 0 Å². The first kappa shape index (κ1) is 17.4. The number of rotatable bonds is 5. The molecule has 10 nitrogen and oxygen atoms in total. The molecule has 3 amide bonds. The molecule has 0 radical (unpaired) electrons. The van der Waals surface area contributed by atoms with Crippen LogP contribution >= 0.6 is 0 Å². The van der Waals surface area contributed by atoms with E-state index >= 15 is 0 Å². The van der Waals surface area contributed by atoms with Gasteiger partial charge in [0, 0.05) is 18.7 Å². The number of nitrogens with one attached hydrogen (secondary N) is 1. The van der Waals surface area contributed by atoms with Gasteiger partial charge < -0.3 is 14.5 Å². The maximum Gasteiger partial charge on any atom is 0.437 e. The molecule has 1 aliphatic heterocycles. The Morgan fingerprint density at radius 3 is 2.69 bits per heavy atom. The lowest BCUT2D eigenvalue weighted by Gasteiger charge is -2.17. The van der Waals surface area contributed by atoms with E-state index < -0.39 is 36.3 Å². The van der Waals surface area contributed by atoms with Crippen molar-refractivity contribution in [2.75, 3.05) is 13.1 Å². The van der Waals surface area contributed by atoms with Crippen molar-refractivity contribution >= 4 is 17.9 Å². The smallest absolute Gasteiger partial charge is 0.437 e. The van der Waals surface area contributed by atoms with E-state index in [0.29, 0.717) is 12.1 Å². The highest BCUT2D eigenvalue weighted by molar-refractivity contribution is 5.98. The van der Waals surface area contributed by atoms with Gasteiger partial charge in [0.2, 0.25) is 5.89 Å². The Morgan fingerprint density at radius 1 is 1.31 bits per heavy atom. The van der Waals surface area contributed by atoms with Crippen molar-refractivity contribution < 1.29 is 23.5 Å². The molecule has 0 bridgehead atoms. The highest BCUT2D eigenvalue weighted by Crippen LogP contribution is 2.14. The van der Waals surface area contributed by atoms with Gasteiger partial charge in [0.15, 0.2) is 6.10 Å². The molecule has 1 aromatic heterocycles. The number of nitrogens with zero attached hydrogens (tertiary/aromatic N) is 3. The summed E-state index contributed by atoms with van der Waals surface area (Å²) in [7, 11) is 0. The minimum absolute atomic E-state index is 0.0706. The fourth-order valence-corrected chi connectivity index (χ4v) is 2.41. The summed E-state index contributed by atoms with van der Waals surface area (Å²) in [5, 5.41) is 6.42. The van der Waals surface area contributed by atoms with Gasteiger partial charge in [-0.3, -0.25) is 14.5 Å². The van der Waals surface area contributed by atoms with Gasteiger partial charge in [0.05, 0.1) is 0 Å². The van der Waals surface area contributed by atoms with Gasteiger partial charge in [-0.05, 0) is 19.1 Å². The molecule has 0 aliphatic carbocycles. The number of hydrogen-bond donors (Lipinski definition) is 1. The lowest BCUT2D eigenvalue weighted by molar-refractivity contribution is -0.158. The van der Waals surface area contributed by atoms with Gasteiger partial charge in [-0.1, -0.05) is 18.2 Å². The monoisotopic (exact) mass is 360 g/mol. The minimum Gasteiger partial charge on any atom is -0.451 e. The van der Waals surface area contributed by atoms with E-state index in [-0.39, 0.29) is 12.4 Å². The number of carbonyl (C=O) groups excluding carboxylic acids is 3. The molecule has 0 spiro atoms. The molecular weight excluding hydrogens is 344 g/mol. The summed E-state index contributed by atoms with van der Waals surface area (Å²) in [4.78, 5) is 48.3. The Balaban J connectivity index is 1.63. The number of carbonyl (C=O) groups is 3. The van der Waals surface area contributed by atoms with Crippen LogP contribution in [0.25, 0.3) is 11.5 Å². The number of urea groups is 1. The summed E-state index contributed by atoms with van der Waals surface area (Å²) in [6, 6.07) is 8.19. The number of hydrogen-bond acceptors (Lipinski definition) is 7. The normalized spacial score (nSPS) is 14.8. The molecule has 0 saturated carbocycles. The second-order valence-electron chi connectivity index (χ2n) is 5.55. The van der Waals surface area contributed by atoms with Gasteiger partial charge in [-0.2, -0.15) is 4.68 Å². The quantitative estimate of drug-likeness (QED) is 0.744. The lowest BCUT2D eigenvalue weighted by Crippen LogP contribution is -2.42. The third kappa shape index (κ3) is 3.63. The molecule has 1 aromatic carbocycles. The zero-order chi connectivity index (χ0) is 18.7. The largest absolute Gasteiger partial charge is 0.451 e. The molecule has 1 aliphatic rings. The number of benzene rings is 1. The van der Waals surface area contributed by atoms with Crippen LogP contribution in [0.2, 0.25) is 0 Å². The molecule has 1 fully saturated rings. The van der Waals surface area contributed by atoms with E-state index in [1.54, 1.807) is 30.3 Å². The first-order chi connectivity index (χ1) is 12.5. The van der Waals surface area contributed by atoms with Crippen LogP contribution in [-0.4, -0.2) is 51.8 Å². The SMILES string of the molecule is C[C@H](OC(=O)Cn1nc(-c2ccccc2)oc1=O)C(=O)N1CCNC1=O. The molecule has 2 heterocycles. The molecule has 3 rings (SSSR count). The summed E-state index contributed by atoms with van der Waals surface area (Å²) in [6.45, 7) is 1.40. The second-order valence-corrected chi connectivity index (χ2v) is 5.55. The van der Waals surface area contributed by atoms with Crippen LogP contribution in [0.1, 0.15) is 6.92 Å². The predicted molar refractivity (Wildman–Crippen MR) is 86.9 cm³/mol. The Labute approximate surface area is 147 Å². The summed E-state index contributed by atoms with van der Waals surface area (Å²) in [5.41, 5.74) is 0.584. The Kier molecular flexibility index (Phi) is 4.83. The van der Waals surface area contributed by atoms with Crippen molar-refractivity contribution in [3.8, 4) is 11.5 Å². The maximum absolute atomic E-state index is 12.1. The van der Waals surface area contributed by atoms with Gasteiger partial charge in [-0.15, -0.1) is 5.10 Å². The Hall–Kier alpha value is -3.43. The van der Waals surface area contributed by atoms with Gasteiger partial charge in [-0.25, -0.2) is 9.59 Å². The first-order valence-electron chi connectivity index (χ1n) is 7.88. The molecule has 2 aromatic rings. The molecule has 1 saturated heterocycles. The molecular formula is C16H16N4O6. The zero-order valence-corrected chi connectivity index (χ0v) is 13.9. The van der Waals surface area contributed by atoms with Crippen LogP contribution < -0.4 is 11.1 Å². The highest BCUT2D eigenvalue weighted by atomic mass is 16.5. The number of imide groups is 1. The summed E-state index contributed by atoms with van der Waals surface area (Å²) in [6.07, 6.45) is -1.16. The van der Waals surface area contributed by atoms with Gasteiger partial charge >= 0.3 is 17.8 Å². The van der Waals surface area contributed by atoms with E-state index in [4.69, 9.17) is 9.15 Å². The third-order valence-electron chi connectivity index (χ3n) is 3.68. The standard InChI is InChI=1S/C16H16N4O6/c1-10(14(22)19-8-7-17-15(19)23)25-12(21)9-20-16(24)26-13(18-20)11-5-3-2-4-6-11/h2-6,10H,7-9H2,1H3,(H,17,23)/t10-/m0/s1. The van der Waals surface area contributed by atoms with E-state index in [2.05, 4.69) is 10.4 Å². The van der Waals surface area contributed by atoms with E-state index in [1.165, 1.54) is 6.92 Å². The van der Waals surface area contributed by atoms with Crippen LogP contribution in [0.15, 0.2) is 39.5 Å². The molecule has 0 unspecified atom stereocenters. The third-order valence-corrected chi connectivity index (χ3v) is 3.68. The highest BCUT2D eigenvalue weighted by Gasteiger charge is 2.31. The van der Waals surface area contributed by atoms with Crippen LogP contribution in [0.4, 0.5) is 4.79 Å². The van der Waals surface area contributed by atoms with Crippen molar-refractivity contribution in [2.45, 2.75) is 19.6 Å². The summed E-state index contributed by atoms with van der Waals surface area (Å²) in [5.74, 6) is -2.23. The molecule has 10 heteroatoms. The van der Waals surface area contributed by atoms with E-state index in [1.807, 2.05) is 0 Å². The molecule has 1 N–H and O–H groups in total. The maximum atomic E-state index is 12.1. The molecule has 136 valence electrons. The Morgan fingerprint density at radius 2 is 2.04 bits per heavy atom. The van der Waals surface area contributed by atoms with Gasteiger partial charge in [0.25, 0.3) is 5.91 Å². The number of esters is 1. The van der Waals surface area contributed by atoms with Crippen LogP contribution in [0, 0.1) is 0 Å². The van der Waals surface area contributed by atoms with Crippen molar-refractivity contribution in [1.82, 2.24) is 20.0 Å². The molecule has 1 atom stereocenters. The van der Waals surface area contributed by atoms with Crippen LogP contribution in [-0.2, 0) is 20.9 Å². The lowest BCUT2D eigenvalue weighted by atomic mass is 10.2. The summed E-state index contributed by atoms with van der Waals surface area (Å²) < 4.78 is 10.8. The zero-order valence-electron chi connectivity index (χ0n) is 13.9. The van der Waals surface area contributed by atoms with E-state index in [9.17, 15) is 19.2 Å². The Bertz CT molecular complexity index is 888. The first-order valence-corrected chi connectivity index (χ1v) is 7.88. The van der Waals surface area contributed by atoms with E-state index in [0.717, 1.165) is 9.58 Å². The summed E-state index contributed by atoms with van der Waals surface area (Å²) >= 11 is 0. The van der Waals surface area contributed by atoms with Crippen molar-refractivity contribution in [1.29, 1.82) is 0 Å². The second kappa shape index (κ2) is 7.21. The predicted octanol–water partition coefficient (Wildman–Crippen LogP) is -0.0132. The average Bonchev–Trinajstić information content (AvgIpc) is 3.21. The van der Waals surface area contributed by atoms with Gasteiger partial charge in [0.1, 0.15) is 6.54 Å². The van der Waals surface area contributed by atoms with Crippen LogP contribution in [0.5, 0.6) is 0 Å². The topological polar surface area (TPSA) is 124 Å². The number of ether oxygens (including phenoxy) is 1.